The summed E-state index contributed by atoms with van der Waals surface area (Å²) in [5.74, 6) is -2.93. The van der Waals surface area contributed by atoms with Crippen LogP contribution in [0.15, 0.2) is 18.2 Å². The molecule has 0 spiro atoms. The molecule has 0 aliphatic heterocycles. The lowest BCUT2D eigenvalue weighted by Gasteiger charge is -2.01. The molecule has 0 saturated carbocycles. The van der Waals surface area contributed by atoms with E-state index < -0.39 is 23.4 Å². The van der Waals surface area contributed by atoms with Crippen LogP contribution in [0.2, 0.25) is 0 Å². The van der Waals surface area contributed by atoms with Gasteiger partial charge in [0.2, 0.25) is 0 Å². The number of hydrogen-bond acceptors (Lipinski definition) is 3. The summed E-state index contributed by atoms with van der Waals surface area (Å²) in [4.78, 5) is 11.0. The molecule has 0 aliphatic rings. The molecule has 1 aromatic rings. The van der Waals surface area contributed by atoms with E-state index in [4.69, 9.17) is 0 Å². The van der Waals surface area contributed by atoms with Crippen LogP contribution >= 0.6 is 0 Å². The summed E-state index contributed by atoms with van der Waals surface area (Å²) < 4.78 is 30.4. The van der Waals surface area contributed by atoms with Gasteiger partial charge in [-0.1, -0.05) is 12.2 Å². The number of carbonyl (C=O) groups is 1. The molecule has 0 unspecified atom stereocenters. The minimum Gasteiger partial charge on any atom is -0.504 e. The van der Waals surface area contributed by atoms with Gasteiger partial charge in [-0.25, -0.2) is 8.78 Å². The predicted octanol–water partition coefficient (Wildman–Crippen LogP) is 2.64. The van der Waals surface area contributed by atoms with E-state index in [1.807, 2.05) is 0 Å². The first-order valence-electron chi connectivity index (χ1n) is 5.04. The second-order valence-corrected chi connectivity index (χ2v) is 3.24. The molecular weight excluding hydrogens is 230 g/mol. The largest absolute Gasteiger partial charge is 0.504 e. The van der Waals surface area contributed by atoms with E-state index in [1.165, 1.54) is 12.2 Å². The summed E-state index contributed by atoms with van der Waals surface area (Å²) in [7, 11) is 0. The van der Waals surface area contributed by atoms with Gasteiger partial charge in [-0.05, 0) is 13.0 Å². The van der Waals surface area contributed by atoms with Crippen LogP contribution < -0.4 is 0 Å². The van der Waals surface area contributed by atoms with Crippen LogP contribution in [0.1, 0.15) is 18.9 Å². The fourth-order valence-corrected chi connectivity index (χ4v) is 1.21. The fraction of sp³-hybridized carbons (Fsp3) is 0.250. The van der Waals surface area contributed by atoms with Crippen LogP contribution in [0.25, 0.3) is 6.08 Å². The molecule has 0 heterocycles. The first kappa shape index (κ1) is 13.2. The Morgan fingerprint density at radius 2 is 2.18 bits per heavy atom. The third-order valence-electron chi connectivity index (χ3n) is 1.94. The molecule has 92 valence electrons. The Hall–Kier alpha value is -1.91. The summed E-state index contributed by atoms with van der Waals surface area (Å²) in [6.07, 6.45) is 2.61. The zero-order valence-electron chi connectivity index (χ0n) is 9.24. The highest BCUT2D eigenvalue weighted by Crippen LogP contribution is 2.23. The van der Waals surface area contributed by atoms with Gasteiger partial charge in [0.15, 0.2) is 11.6 Å². The van der Waals surface area contributed by atoms with Gasteiger partial charge in [-0.2, -0.15) is 0 Å². The van der Waals surface area contributed by atoms with Crippen molar-refractivity contribution < 1.29 is 23.4 Å². The molecule has 1 aromatic carbocycles. The zero-order chi connectivity index (χ0) is 12.8. The van der Waals surface area contributed by atoms with E-state index >= 15 is 0 Å². The molecule has 0 radical (unpaired) electrons. The third kappa shape index (κ3) is 3.86. The van der Waals surface area contributed by atoms with Crippen LogP contribution in [0.3, 0.4) is 0 Å². The number of benzene rings is 1. The number of phenolic OH excluding ortho intramolecular Hbond substituents is 1. The Morgan fingerprint density at radius 1 is 1.47 bits per heavy atom. The van der Waals surface area contributed by atoms with Gasteiger partial charge in [0, 0.05) is 11.6 Å². The summed E-state index contributed by atoms with van der Waals surface area (Å²) in [6, 6.07) is 1.55. The molecule has 1 rings (SSSR count). The Morgan fingerprint density at radius 3 is 2.82 bits per heavy atom. The number of esters is 1. The van der Waals surface area contributed by atoms with Crippen LogP contribution in [-0.4, -0.2) is 17.7 Å². The molecule has 5 heteroatoms. The van der Waals surface area contributed by atoms with Gasteiger partial charge in [-0.3, -0.25) is 4.79 Å². The zero-order valence-corrected chi connectivity index (χ0v) is 9.24. The van der Waals surface area contributed by atoms with E-state index in [0.29, 0.717) is 6.07 Å². The predicted molar refractivity (Wildman–Crippen MR) is 58.3 cm³/mol. The van der Waals surface area contributed by atoms with Crippen molar-refractivity contribution in [3.8, 4) is 5.75 Å². The standard InChI is InChI=1S/C12H12F2O3/c1-2-17-11(15)5-3-4-8-6-9(13)7-10(14)12(8)16/h3-4,6-7,16H,2,5H2,1H3. The van der Waals surface area contributed by atoms with E-state index in [0.717, 1.165) is 6.07 Å². The van der Waals surface area contributed by atoms with Crippen molar-refractivity contribution in [2.24, 2.45) is 0 Å². The van der Waals surface area contributed by atoms with Gasteiger partial charge >= 0.3 is 5.97 Å². The van der Waals surface area contributed by atoms with Crippen molar-refractivity contribution in [1.82, 2.24) is 0 Å². The van der Waals surface area contributed by atoms with Gasteiger partial charge in [-0.15, -0.1) is 0 Å². The maximum Gasteiger partial charge on any atom is 0.309 e. The normalized spacial score (nSPS) is 10.8. The number of hydrogen-bond donors (Lipinski definition) is 1. The van der Waals surface area contributed by atoms with E-state index in [1.54, 1.807) is 6.92 Å². The minimum atomic E-state index is -1.04. The summed E-state index contributed by atoms with van der Waals surface area (Å²) >= 11 is 0. The van der Waals surface area contributed by atoms with Crippen LogP contribution in [-0.2, 0) is 9.53 Å². The monoisotopic (exact) mass is 242 g/mol. The van der Waals surface area contributed by atoms with Gasteiger partial charge in [0.05, 0.1) is 13.0 Å². The van der Waals surface area contributed by atoms with Crippen molar-refractivity contribution in [2.75, 3.05) is 6.61 Å². The van der Waals surface area contributed by atoms with E-state index in [2.05, 4.69) is 4.74 Å². The molecule has 0 aromatic heterocycles. The minimum absolute atomic E-state index is 0.0215. The number of phenols is 1. The van der Waals surface area contributed by atoms with Crippen molar-refractivity contribution in [3.63, 3.8) is 0 Å². The van der Waals surface area contributed by atoms with Crippen LogP contribution in [0, 0.1) is 11.6 Å². The molecular formula is C12H12F2O3. The average Bonchev–Trinajstić information content (AvgIpc) is 2.25. The highest BCUT2D eigenvalue weighted by molar-refractivity contribution is 5.73. The van der Waals surface area contributed by atoms with Crippen molar-refractivity contribution in [1.29, 1.82) is 0 Å². The second kappa shape index (κ2) is 5.98. The van der Waals surface area contributed by atoms with Gasteiger partial charge in [0.1, 0.15) is 5.82 Å². The number of rotatable bonds is 4. The summed E-state index contributed by atoms with van der Waals surface area (Å²) in [5, 5.41) is 9.28. The maximum absolute atomic E-state index is 12.9. The first-order chi connectivity index (χ1) is 8.04. The van der Waals surface area contributed by atoms with Crippen LogP contribution in [0.4, 0.5) is 8.78 Å². The summed E-state index contributed by atoms with van der Waals surface area (Å²) in [5.41, 5.74) is -0.0215. The Kier molecular flexibility index (Phi) is 4.63. The highest BCUT2D eigenvalue weighted by Gasteiger charge is 2.07. The molecule has 17 heavy (non-hydrogen) atoms. The molecule has 1 N–H and O–H groups in total. The Bertz CT molecular complexity index is 442. The number of ether oxygens (including phenoxy) is 1. The lowest BCUT2D eigenvalue weighted by atomic mass is 10.1. The van der Waals surface area contributed by atoms with Crippen molar-refractivity contribution >= 4 is 12.0 Å². The second-order valence-electron chi connectivity index (χ2n) is 3.24. The Balaban J connectivity index is 2.74. The van der Waals surface area contributed by atoms with Crippen molar-refractivity contribution in [2.45, 2.75) is 13.3 Å². The quantitative estimate of drug-likeness (QED) is 0.825. The lowest BCUT2D eigenvalue weighted by Crippen LogP contribution is -2.01. The smallest absolute Gasteiger partial charge is 0.309 e. The van der Waals surface area contributed by atoms with E-state index in [9.17, 15) is 18.7 Å². The average molecular weight is 242 g/mol. The molecule has 3 nitrogen and oxygen atoms in total. The molecule has 0 saturated heterocycles. The van der Waals surface area contributed by atoms with Gasteiger partial charge < -0.3 is 9.84 Å². The maximum atomic E-state index is 12.9. The first-order valence-corrected chi connectivity index (χ1v) is 5.04. The van der Waals surface area contributed by atoms with Crippen molar-refractivity contribution in [3.05, 3.63) is 35.4 Å². The topological polar surface area (TPSA) is 46.5 Å². The molecule has 0 atom stereocenters. The molecule has 0 fully saturated rings. The lowest BCUT2D eigenvalue weighted by molar-refractivity contribution is -0.142. The van der Waals surface area contributed by atoms with E-state index in [-0.39, 0.29) is 18.6 Å². The third-order valence-corrected chi connectivity index (χ3v) is 1.94. The fourth-order valence-electron chi connectivity index (χ4n) is 1.21. The number of halogens is 2. The van der Waals surface area contributed by atoms with Gasteiger partial charge in [0.25, 0.3) is 0 Å². The van der Waals surface area contributed by atoms with Crippen LogP contribution in [0.5, 0.6) is 5.75 Å². The Labute approximate surface area is 97.3 Å². The molecule has 0 bridgehead atoms. The highest BCUT2D eigenvalue weighted by atomic mass is 19.1. The molecule has 0 aliphatic carbocycles. The SMILES string of the molecule is CCOC(=O)CC=Cc1cc(F)cc(F)c1O. The summed E-state index contributed by atoms with van der Waals surface area (Å²) in [6.45, 7) is 1.95. The number of aromatic hydroxyl groups is 1. The number of carbonyl (C=O) groups excluding carboxylic acids is 1. The molecule has 0 amide bonds.